The van der Waals surface area contributed by atoms with Crippen molar-refractivity contribution in [2.75, 3.05) is 0 Å². The Kier molecular flexibility index (Phi) is 3.15. The van der Waals surface area contributed by atoms with E-state index in [1.54, 1.807) is 11.1 Å². The van der Waals surface area contributed by atoms with E-state index in [0.29, 0.717) is 5.69 Å². The molecule has 17 heavy (non-hydrogen) atoms. The standard InChI is InChI=1S/C12H13ClFN3/c1-7(2)16-17-8(3)10-5-4-9(14)6-11(10)15-12(17)13/h4-6,8H,1-3H3. The number of hydrazone groups is 1. The van der Waals surface area contributed by atoms with E-state index < -0.39 is 0 Å². The van der Waals surface area contributed by atoms with Gasteiger partial charge in [0, 0.05) is 11.3 Å². The van der Waals surface area contributed by atoms with Crippen LogP contribution in [-0.4, -0.2) is 16.0 Å². The Morgan fingerprint density at radius 3 is 2.82 bits per heavy atom. The highest BCUT2D eigenvalue weighted by molar-refractivity contribution is 6.65. The van der Waals surface area contributed by atoms with E-state index in [-0.39, 0.29) is 17.2 Å². The maximum Gasteiger partial charge on any atom is 0.220 e. The van der Waals surface area contributed by atoms with E-state index in [4.69, 9.17) is 11.6 Å². The summed E-state index contributed by atoms with van der Waals surface area (Å²) in [7, 11) is 0. The Balaban J connectivity index is 2.49. The third-order valence-corrected chi connectivity index (χ3v) is 2.78. The van der Waals surface area contributed by atoms with Gasteiger partial charge in [0.15, 0.2) is 0 Å². The van der Waals surface area contributed by atoms with Crippen molar-refractivity contribution >= 4 is 28.3 Å². The summed E-state index contributed by atoms with van der Waals surface area (Å²) in [5.41, 5.74) is 2.37. The van der Waals surface area contributed by atoms with Gasteiger partial charge in [0.05, 0.1) is 11.7 Å². The van der Waals surface area contributed by atoms with Crippen molar-refractivity contribution in [3.05, 3.63) is 29.6 Å². The average molecular weight is 254 g/mol. The molecule has 1 aliphatic rings. The summed E-state index contributed by atoms with van der Waals surface area (Å²) in [5.74, 6) is -0.312. The van der Waals surface area contributed by atoms with Crippen LogP contribution in [0.2, 0.25) is 0 Å². The number of amidine groups is 1. The Hall–Kier alpha value is -1.42. The minimum absolute atomic E-state index is 0.0505. The summed E-state index contributed by atoms with van der Waals surface area (Å²) in [6.45, 7) is 5.73. The minimum atomic E-state index is -0.312. The van der Waals surface area contributed by atoms with Crippen LogP contribution < -0.4 is 0 Å². The van der Waals surface area contributed by atoms with Gasteiger partial charge in [-0.1, -0.05) is 6.07 Å². The first kappa shape index (κ1) is 12.0. The molecule has 0 aromatic heterocycles. The normalized spacial score (nSPS) is 18.5. The molecule has 1 heterocycles. The zero-order valence-electron chi connectivity index (χ0n) is 9.91. The summed E-state index contributed by atoms with van der Waals surface area (Å²) in [5, 5.41) is 6.21. The quantitative estimate of drug-likeness (QED) is 0.552. The van der Waals surface area contributed by atoms with Crippen LogP contribution in [0.15, 0.2) is 28.3 Å². The van der Waals surface area contributed by atoms with Gasteiger partial charge in [-0.05, 0) is 44.5 Å². The molecular formula is C12H13ClFN3. The van der Waals surface area contributed by atoms with Crippen molar-refractivity contribution in [1.82, 2.24) is 5.01 Å². The predicted octanol–water partition coefficient (Wildman–Crippen LogP) is 3.82. The number of rotatable bonds is 1. The first-order chi connectivity index (χ1) is 7.99. The van der Waals surface area contributed by atoms with Gasteiger partial charge >= 0.3 is 0 Å². The molecule has 0 saturated carbocycles. The molecule has 0 bridgehead atoms. The van der Waals surface area contributed by atoms with E-state index in [0.717, 1.165) is 11.3 Å². The third kappa shape index (κ3) is 2.31. The summed E-state index contributed by atoms with van der Waals surface area (Å²) in [4.78, 5) is 4.15. The molecule has 1 unspecified atom stereocenters. The van der Waals surface area contributed by atoms with Gasteiger partial charge in [-0.15, -0.1) is 0 Å². The van der Waals surface area contributed by atoms with Crippen LogP contribution in [-0.2, 0) is 0 Å². The van der Waals surface area contributed by atoms with Gasteiger partial charge in [-0.2, -0.15) is 5.10 Å². The number of benzene rings is 1. The molecule has 0 saturated heterocycles. The molecular weight excluding hydrogens is 241 g/mol. The fourth-order valence-corrected chi connectivity index (χ4v) is 2.03. The highest BCUT2D eigenvalue weighted by Crippen LogP contribution is 2.36. The number of fused-ring (bicyclic) bond motifs is 1. The van der Waals surface area contributed by atoms with Crippen molar-refractivity contribution in [2.24, 2.45) is 10.1 Å². The highest BCUT2D eigenvalue weighted by Gasteiger charge is 2.25. The molecule has 1 aromatic carbocycles. The van der Waals surface area contributed by atoms with Crippen LogP contribution in [0.3, 0.4) is 0 Å². The van der Waals surface area contributed by atoms with E-state index in [1.165, 1.54) is 12.1 Å². The van der Waals surface area contributed by atoms with Crippen LogP contribution in [0.4, 0.5) is 10.1 Å². The Labute approximate surface area is 105 Å². The van der Waals surface area contributed by atoms with Crippen molar-refractivity contribution in [3.8, 4) is 0 Å². The van der Waals surface area contributed by atoms with Crippen LogP contribution in [0.25, 0.3) is 0 Å². The SMILES string of the molecule is CC(C)=NN1C(Cl)=Nc2cc(F)ccc2C1C. The first-order valence-electron chi connectivity index (χ1n) is 5.33. The molecule has 0 aliphatic carbocycles. The summed E-state index contributed by atoms with van der Waals surface area (Å²) >= 11 is 6.05. The smallest absolute Gasteiger partial charge is 0.220 e. The van der Waals surface area contributed by atoms with Crippen molar-refractivity contribution in [2.45, 2.75) is 26.8 Å². The minimum Gasteiger partial charge on any atom is -0.231 e. The number of aliphatic imine (C=N–C) groups is 1. The Bertz CT molecular complexity index is 506. The van der Waals surface area contributed by atoms with Crippen LogP contribution in [0.5, 0.6) is 0 Å². The Morgan fingerprint density at radius 1 is 1.47 bits per heavy atom. The molecule has 90 valence electrons. The lowest BCUT2D eigenvalue weighted by Crippen LogP contribution is -2.28. The molecule has 5 heteroatoms. The summed E-state index contributed by atoms with van der Waals surface area (Å²) in [6, 6.07) is 4.47. The van der Waals surface area contributed by atoms with Crippen LogP contribution in [0.1, 0.15) is 32.4 Å². The second-order valence-electron chi connectivity index (χ2n) is 4.15. The average Bonchev–Trinajstić information content (AvgIpc) is 2.23. The number of nitrogens with zero attached hydrogens (tertiary/aromatic N) is 3. The van der Waals surface area contributed by atoms with E-state index in [9.17, 15) is 4.39 Å². The third-order valence-electron chi connectivity index (χ3n) is 2.52. The van der Waals surface area contributed by atoms with Crippen LogP contribution in [0, 0.1) is 5.82 Å². The first-order valence-corrected chi connectivity index (χ1v) is 5.71. The van der Waals surface area contributed by atoms with E-state index in [1.807, 2.05) is 20.8 Å². The zero-order chi connectivity index (χ0) is 12.6. The maximum atomic E-state index is 13.1. The monoisotopic (exact) mass is 253 g/mol. The summed E-state index contributed by atoms with van der Waals surface area (Å²) < 4.78 is 13.1. The van der Waals surface area contributed by atoms with Gasteiger partial charge in [0.1, 0.15) is 5.82 Å². The fourth-order valence-electron chi connectivity index (χ4n) is 1.75. The van der Waals surface area contributed by atoms with Gasteiger partial charge < -0.3 is 0 Å². The van der Waals surface area contributed by atoms with Gasteiger partial charge in [-0.25, -0.2) is 14.4 Å². The van der Waals surface area contributed by atoms with E-state index >= 15 is 0 Å². The molecule has 0 spiro atoms. The van der Waals surface area contributed by atoms with Gasteiger partial charge in [0.25, 0.3) is 0 Å². The topological polar surface area (TPSA) is 28.0 Å². The van der Waals surface area contributed by atoms with Gasteiger partial charge in [0.2, 0.25) is 5.29 Å². The lowest BCUT2D eigenvalue weighted by Gasteiger charge is -2.29. The van der Waals surface area contributed by atoms with Crippen LogP contribution >= 0.6 is 11.6 Å². The second-order valence-corrected chi connectivity index (χ2v) is 4.49. The predicted molar refractivity (Wildman–Crippen MR) is 68.4 cm³/mol. The molecule has 0 amide bonds. The molecule has 2 rings (SSSR count). The van der Waals surface area contributed by atoms with Crippen molar-refractivity contribution in [3.63, 3.8) is 0 Å². The second kappa shape index (κ2) is 4.45. The molecule has 1 atom stereocenters. The number of hydrogen-bond donors (Lipinski definition) is 0. The molecule has 1 aromatic rings. The molecule has 0 fully saturated rings. The highest BCUT2D eigenvalue weighted by atomic mass is 35.5. The Morgan fingerprint density at radius 2 is 2.18 bits per heavy atom. The van der Waals surface area contributed by atoms with Gasteiger partial charge in [-0.3, -0.25) is 0 Å². The molecule has 3 nitrogen and oxygen atoms in total. The zero-order valence-corrected chi connectivity index (χ0v) is 10.7. The molecule has 0 radical (unpaired) electrons. The van der Waals surface area contributed by atoms with Crippen molar-refractivity contribution < 1.29 is 4.39 Å². The maximum absolute atomic E-state index is 13.1. The number of hydrogen-bond acceptors (Lipinski definition) is 3. The fraction of sp³-hybridized carbons (Fsp3) is 0.333. The summed E-state index contributed by atoms with van der Waals surface area (Å²) in [6.07, 6.45) is 0. The molecule has 1 aliphatic heterocycles. The molecule has 0 N–H and O–H groups in total. The van der Waals surface area contributed by atoms with E-state index in [2.05, 4.69) is 10.1 Å². The largest absolute Gasteiger partial charge is 0.231 e. The lowest BCUT2D eigenvalue weighted by atomic mass is 10.0. The van der Waals surface area contributed by atoms with Crippen molar-refractivity contribution in [1.29, 1.82) is 0 Å². The lowest BCUT2D eigenvalue weighted by molar-refractivity contribution is 0.354. The number of halogens is 2.